The summed E-state index contributed by atoms with van der Waals surface area (Å²) in [6.45, 7) is 5.11. The average Bonchev–Trinajstić information content (AvgIpc) is 3.29. The zero-order chi connectivity index (χ0) is 25.4. The highest BCUT2D eigenvalue weighted by molar-refractivity contribution is 5.84. The van der Waals surface area contributed by atoms with Gasteiger partial charge < -0.3 is 11.5 Å². The van der Waals surface area contributed by atoms with Crippen LogP contribution >= 0.6 is 0 Å². The highest BCUT2D eigenvalue weighted by Gasteiger charge is 2.20. The molecule has 0 unspecified atom stereocenters. The molecule has 1 saturated heterocycles. The predicted molar refractivity (Wildman–Crippen MR) is 149 cm³/mol. The molecule has 4 heterocycles. The minimum absolute atomic E-state index is 0.337. The molecule has 0 bridgehead atoms. The molecule has 6 rings (SSSR count). The number of aryl methyl sites for hydroxylation is 1. The number of nitrogen functional groups attached to an aromatic ring is 1. The minimum Gasteiger partial charge on any atom is -0.383 e. The van der Waals surface area contributed by atoms with E-state index in [0.717, 1.165) is 72.0 Å². The number of hydrogen-bond donors (Lipinski definition) is 2. The highest BCUT2D eigenvalue weighted by atomic mass is 15.1. The van der Waals surface area contributed by atoms with Crippen LogP contribution in [0.1, 0.15) is 24.0 Å². The Labute approximate surface area is 216 Å². The zero-order valence-electron chi connectivity index (χ0n) is 21.0. The Balaban J connectivity index is 1.44. The third-order valence-corrected chi connectivity index (χ3v) is 7.13. The van der Waals surface area contributed by atoms with Crippen molar-refractivity contribution in [1.82, 2.24) is 24.4 Å². The highest BCUT2D eigenvalue weighted by Crippen LogP contribution is 2.32. The maximum atomic E-state index is 6.30. The summed E-state index contributed by atoms with van der Waals surface area (Å²) in [5.41, 5.74) is 20.2. The molecule has 0 spiro atoms. The summed E-state index contributed by atoms with van der Waals surface area (Å²) >= 11 is 0. The van der Waals surface area contributed by atoms with Crippen LogP contribution < -0.4 is 11.5 Å². The van der Waals surface area contributed by atoms with Gasteiger partial charge in [0.1, 0.15) is 11.3 Å². The van der Waals surface area contributed by atoms with Crippen LogP contribution in [0.2, 0.25) is 0 Å². The van der Waals surface area contributed by atoms with Gasteiger partial charge in [-0.1, -0.05) is 35.9 Å². The van der Waals surface area contributed by atoms with E-state index in [1.54, 1.807) is 6.20 Å². The second-order valence-electron chi connectivity index (χ2n) is 9.90. The van der Waals surface area contributed by atoms with Gasteiger partial charge in [-0.2, -0.15) is 0 Å². The van der Waals surface area contributed by atoms with Crippen LogP contribution in [0.3, 0.4) is 0 Å². The van der Waals surface area contributed by atoms with E-state index in [1.165, 1.54) is 11.1 Å². The monoisotopic (exact) mass is 489 g/mol. The Morgan fingerprint density at radius 1 is 0.919 bits per heavy atom. The first kappa shape index (κ1) is 23.3. The second kappa shape index (κ2) is 9.76. The van der Waals surface area contributed by atoms with Gasteiger partial charge in [-0.25, -0.2) is 15.0 Å². The topological polar surface area (TPSA) is 98.9 Å². The molecule has 0 amide bonds. The molecule has 37 heavy (non-hydrogen) atoms. The van der Waals surface area contributed by atoms with Crippen molar-refractivity contribution in [1.29, 1.82) is 0 Å². The summed E-state index contributed by atoms with van der Waals surface area (Å²) in [6.07, 6.45) is 3.82. The van der Waals surface area contributed by atoms with Crippen LogP contribution in [0, 0.1) is 6.92 Å². The molecular formula is C30H31N7. The smallest absolute Gasteiger partial charge is 0.165 e. The van der Waals surface area contributed by atoms with E-state index in [0.29, 0.717) is 11.9 Å². The number of nitrogens with zero attached hydrogens (tertiary/aromatic N) is 5. The summed E-state index contributed by atoms with van der Waals surface area (Å²) in [5.74, 6) is 1.17. The molecule has 1 aliphatic heterocycles. The van der Waals surface area contributed by atoms with Crippen molar-refractivity contribution in [2.45, 2.75) is 32.4 Å². The lowest BCUT2D eigenvalue weighted by molar-refractivity contribution is 0.205. The summed E-state index contributed by atoms with van der Waals surface area (Å²) in [5, 5.41) is 0. The quantitative estimate of drug-likeness (QED) is 0.362. The molecule has 1 fully saturated rings. The fourth-order valence-corrected chi connectivity index (χ4v) is 5.07. The van der Waals surface area contributed by atoms with Crippen LogP contribution in [-0.2, 0) is 6.54 Å². The van der Waals surface area contributed by atoms with Crippen molar-refractivity contribution < 1.29 is 0 Å². The molecule has 0 saturated carbocycles. The lowest BCUT2D eigenvalue weighted by atomic mass is 10.1. The Morgan fingerprint density at radius 3 is 2.49 bits per heavy atom. The first-order valence-corrected chi connectivity index (χ1v) is 12.8. The molecule has 1 aliphatic rings. The van der Waals surface area contributed by atoms with Gasteiger partial charge >= 0.3 is 0 Å². The predicted octanol–water partition coefficient (Wildman–Crippen LogP) is 4.96. The standard InChI is InChI=1S/C30H31N7/c1-20-4-2-5-22(18-20)26-11-12-27-30(34-26)37(29(35-27)25-6-3-15-33-28(25)32)24-9-7-21(8-10-24)19-36-16-13-23(31)14-17-36/h2-12,15,18,23H,13-14,16-17,19,31H2,1H3,(H2,32,33). The third kappa shape index (κ3) is 4.71. The summed E-state index contributed by atoms with van der Waals surface area (Å²) in [4.78, 5) is 16.8. The Kier molecular flexibility index (Phi) is 6.16. The molecule has 7 heteroatoms. The van der Waals surface area contributed by atoms with E-state index in [1.807, 2.05) is 24.3 Å². The lowest BCUT2D eigenvalue weighted by Crippen LogP contribution is -2.39. The molecular weight excluding hydrogens is 458 g/mol. The molecule has 0 aliphatic carbocycles. The van der Waals surface area contributed by atoms with E-state index >= 15 is 0 Å². The van der Waals surface area contributed by atoms with Gasteiger partial charge in [0.2, 0.25) is 0 Å². The maximum absolute atomic E-state index is 6.30. The van der Waals surface area contributed by atoms with Crippen LogP contribution in [0.4, 0.5) is 5.82 Å². The van der Waals surface area contributed by atoms with Crippen molar-refractivity contribution in [2.75, 3.05) is 18.8 Å². The number of fused-ring (bicyclic) bond motifs is 1. The molecule has 4 N–H and O–H groups in total. The number of benzene rings is 2. The van der Waals surface area contributed by atoms with Crippen LogP contribution in [0.15, 0.2) is 79.0 Å². The first-order chi connectivity index (χ1) is 18.0. The van der Waals surface area contributed by atoms with Crippen LogP contribution in [-0.4, -0.2) is 43.6 Å². The van der Waals surface area contributed by atoms with Crippen molar-refractivity contribution in [3.8, 4) is 28.3 Å². The fourth-order valence-electron chi connectivity index (χ4n) is 5.07. The summed E-state index contributed by atoms with van der Waals surface area (Å²) < 4.78 is 2.09. The second-order valence-corrected chi connectivity index (χ2v) is 9.90. The number of likely N-dealkylation sites (tertiary alicyclic amines) is 1. The molecule has 0 radical (unpaired) electrons. The first-order valence-electron chi connectivity index (χ1n) is 12.8. The lowest BCUT2D eigenvalue weighted by Gasteiger charge is -2.30. The van der Waals surface area contributed by atoms with E-state index in [-0.39, 0.29) is 0 Å². The largest absolute Gasteiger partial charge is 0.383 e. The Bertz CT molecular complexity index is 1550. The van der Waals surface area contributed by atoms with Gasteiger partial charge in [-0.15, -0.1) is 0 Å². The van der Waals surface area contributed by atoms with E-state index in [2.05, 4.69) is 69.9 Å². The number of rotatable bonds is 5. The average molecular weight is 490 g/mol. The van der Waals surface area contributed by atoms with Crippen LogP contribution in [0.25, 0.3) is 39.5 Å². The molecule has 0 atom stereocenters. The molecule has 2 aromatic carbocycles. The van der Waals surface area contributed by atoms with Crippen molar-refractivity contribution >= 4 is 17.0 Å². The molecule has 7 nitrogen and oxygen atoms in total. The number of hydrogen-bond acceptors (Lipinski definition) is 6. The number of aromatic nitrogens is 4. The van der Waals surface area contributed by atoms with E-state index in [9.17, 15) is 0 Å². The van der Waals surface area contributed by atoms with Gasteiger partial charge in [0.15, 0.2) is 11.5 Å². The summed E-state index contributed by atoms with van der Waals surface area (Å²) in [6, 6.07) is 25.3. The van der Waals surface area contributed by atoms with Gasteiger partial charge in [0.05, 0.1) is 11.3 Å². The zero-order valence-corrected chi connectivity index (χ0v) is 21.0. The maximum Gasteiger partial charge on any atom is 0.165 e. The number of nitrogens with two attached hydrogens (primary N) is 2. The Hall–Kier alpha value is -4.07. The van der Waals surface area contributed by atoms with Gasteiger partial charge in [-0.3, -0.25) is 9.47 Å². The Morgan fingerprint density at radius 2 is 1.73 bits per heavy atom. The van der Waals surface area contributed by atoms with Crippen molar-refractivity contribution in [3.63, 3.8) is 0 Å². The normalized spacial score (nSPS) is 14.9. The molecule has 186 valence electrons. The van der Waals surface area contributed by atoms with Crippen LogP contribution in [0.5, 0.6) is 0 Å². The fraction of sp³-hybridized carbons (Fsp3) is 0.233. The van der Waals surface area contributed by atoms with Crippen molar-refractivity contribution in [2.24, 2.45) is 5.73 Å². The number of anilines is 1. The van der Waals surface area contributed by atoms with E-state index < -0.39 is 0 Å². The number of imidazole rings is 1. The third-order valence-electron chi connectivity index (χ3n) is 7.13. The van der Waals surface area contributed by atoms with Gasteiger partial charge in [-0.05, 0) is 80.9 Å². The molecule has 3 aromatic heterocycles. The van der Waals surface area contributed by atoms with Gasteiger partial charge in [0.25, 0.3) is 0 Å². The van der Waals surface area contributed by atoms with Gasteiger partial charge in [0, 0.05) is 30.0 Å². The SMILES string of the molecule is Cc1cccc(-c2ccc3nc(-c4cccnc4N)n(-c4ccc(CN5CCC(N)CC5)cc4)c3n2)c1. The number of pyridine rings is 2. The van der Waals surface area contributed by atoms with Crippen molar-refractivity contribution in [3.05, 3.63) is 90.1 Å². The number of piperidine rings is 1. The minimum atomic E-state index is 0.337. The van der Waals surface area contributed by atoms with E-state index in [4.69, 9.17) is 21.4 Å². The molecule has 5 aromatic rings. The summed E-state index contributed by atoms with van der Waals surface area (Å²) in [7, 11) is 0.